The molecule has 4 nitrogen and oxygen atoms in total. The maximum atomic E-state index is 12.2. The number of benzene rings is 1. The van der Waals surface area contributed by atoms with Gasteiger partial charge in [-0.05, 0) is 38.0 Å². The van der Waals surface area contributed by atoms with Gasteiger partial charge in [0.05, 0.1) is 6.61 Å². The summed E-state index contributed by atoms with van der Waals surface area (Å²) in [6, 6.07) is 8.42. The van der Waals surface area contributed by atoms with Gasteiger partial charge in [0.25, 0.3) is 0 Å². The van der Waals surface area contributed by atoms with E-state index in [9.17, 15) is 4.79 Å². The number of piperazine rings is 1. The average molecular weight is 313 g/mol. The Morgan fingerprint density at radius 1 is 1.38 bits per heavy atom. The van der Waals surface area contributed by atoms with E-state index in [0.717, 1.165) is 31.8 Å². The van der Waals surface area contributed by atoms with Crippen molar-refractivity contribution < 1.29 is 9.53 Å². The molecule has 1 aliphatic rings. The molecule has 0 spiro atoms. The van der Waals surface area contributed by atoms with Gasteiger partial charge in [-0.25, -0.2) is 0 Å². The smallest absolute Gasteiger partial charge is 0.222 e. The number of hydrogen-bond acceptors (Lipinski definition) is 3. The number of nitrogens with one attached hydrogen (secondary N) is 1. The fourth-order valence-electron chi connectivity index (χ4n) is 2.49. The van der Waals surface area contributed by atoms with Crippen LogP contribution in [-0.2, 0) is 11.2 Å². The molecule has 21 heavy (non-hydrogen) atoms. The predicted octanol–water partition coefficient (Wildman–Crippen LogP) is 2.26. The van der Waals surface area contributed by atoms with Gasteiger partial charge >= 0.3 is 0 Å². The molecule has 1 saturated heterocycles. The van der Waals surface area contributed by atoms with Crippen LogP contribution >= 0.6 is 12.4 Å². The molecule has 1 aliphatic heterocycles. The first-order valence-corrected chi connectivity index (χ1v) is 7.42. The number of rotatable bonds is 5. The third-order valence-corrected chi connectivity index (χ3v) is 3.58. The SMILES string of the molecule is CCOc1ccc(CCC(=O)N2CCNC(C)C2)cc1.Cl. The minimum absolute atomic E-state index is 0. The van der Waals surface area contributed by atoms with Crippen LogP contribution in [0.3, 0.4) is 0 Å². The van der Waals surface area contributed by atoms with Crippen molar-refractivity contribution >= 4 is 18.3 Å². The highest BCUT2D eigenvalue weighted by Crippen LogP contribution is 2.14. The average Bonchev–Trinajstić information content (AvgIpc) is 2.46. The minimum Gasteiger partial charge on any atom is -0.494 e. The molecule has 1 fully saturated rings. The van der Waals surface area contributed by atoms with Crippen molar-refractivity contribution in [2.24, 2.45) is 0 Å². The van der Waals surface area contributed by atoms with Gasteiger partial charge in [0.1, 0.15) is 5.75 Å². The van der Waals surface area contributed by atoms with E-state index in [-0.39, 0.29) is 18.3 Å². The zero-order valence-corrected chi connectivity index (χ0v) is 13.6. The second kappa shape index (κ2) is 8.90. The Labute approximate surface area is 133 Å². The number of halogens is 1. The maximum Gasteiger partial charge on any atom is 0.222 e. The van der Waals surface area contributed by atoms with Gasteiger partial charge in [0.2, 0.25) is 5.91 Å². The highest BCUT2D eigenvalue weighted by atomic mass is 35.5. The Morgan fingerprint density at radius 2 is 2.10 bits per heavy atom. The number of nitrogens with zero attached hydrogens (tertiary/aromatic N) is 1. The first-order chi connectivity index (χ1) is 9.69. The van der Waals surface area contributed by atoms with Crippen LogP contribution in [0.15, 0.2) is 24.3 Å². The van der Waals surface area contributed by atoms with Crippen LogP contribution in [0.2, 0.25) is 0 Å². The molecule has 5 heteroatoms. The number of carbonyl (C=O) groups excluding carboxylic acids is 1. The van der Waals surface area contributed by atoms with Crippen molar-refractivity contribution in [2.75, 3.05) is 26.2 Å². The molecule has 1 heterocycles. The fourth-order valence-corrected chi connectivity index (χ4v) is 2.49. The van der Waals surface area contributed by atoms with Crippen molar-refractivity contribution in [3.05, 3.63) is 29.8 Å². The molecule has 0 aromatic heterocycles. The lowest BCUT2D eigenvalue weighted by Crippen LogP contribution is -2.51. The first-order valence-electron chi connectivity index (χ1n) is 7.42. The maximum absolute atomic E-state index is 12.2. The van der Waals surface area contributed by atoms with Gasteiger partial charge in [-0.3, -0.25) is 4.79 Å². The summed E-state index contributed by atoms with van der Waals surface area (Å²) in [7, 11) is 0. The third kappa shape index (κ3) is 5.56. The summed E-state index contributed by atoms with van der Waals surface area (Å²) < 4.78 is 5.41. The lowest BCUT2D eigenvalue weighted by molar-refractivity contribution is -0.132. The molecule has 0 saturated carbocycles. The van der Waals surface area contributed by atoms with Gasteiger partial charge in [0.15, 0.2) is 0 Å². The Morgan fingerprint density at radius 3 is 2.71 bits per heavy atom. The fraction of sp³-hybridized carbons (Fsp3) is 0.562. The summed E-state index contributed by atoms with van der Waals surface area (Å²) in [6.07, 6.45) is 1.38. The molecule has 1 atom stereocenters. The van der Waals surface area contributed by atoms with Crippen LogP contribution in [0.25, 0.3) is 0 Å². The van der Waals surface area contributed by atoms with E-state index in [0.29, 0.717) is 19.1 Å². The van der Waals surface area contributed by atoms with Crippen LogP contribution in [0.4, 0.5) is 0 Å². The standard InChI is InChI=1S/C16H24N2O2.ClH/c1-3-20-15-7-4-14(5-8-15)6-9-16(19)18-11-10-17-13(2)12-18;/h4-5,7-8,13,17H,3,6,9-12H2,1-2H3;1H. The quantitative estimate of drug-likeness (QED) is 0.907. The summed E-state index contributed by atoms with van der Waals surface area (Å²) in [6.45, 7) is 7.32. The van der Waals surface area contributed by atoms with E-state index in [4.69, 9.17) is 4.74 Å². The molecule has 0 aliphatic carbocycles. The summed E-state index contributed by atoms with van der Waals surface area (Å²) in [4.78, 5) is 14.1. The molecule has 2 rings (SSSR count). The second-order valence-electron chi connectivity index (χ2n) is 5.27. The largest absolute Gasteiger partial charge is 0.494 e. The van der Waals surface area contributed by atoms with E-state index in [1.807, 2.05) is 36.1 Å². The van der Waals surface area contributed by atoms with Crippen LogP contribution in [-0.4, -0.2) is 43.1 Å². The molecule has 1 amide bonds. The Balaban J connectivity index is 0.00000220. The molecule has 1 aromatic rings. The van der Waals surface area contributed by atoms with Gasteiger partial charge in [-0.2, -0.15) is 0 Å². The van der Waals surface area contributed by atoms with Crippen LogP contribution in [0.1, 0.15) is 25.8 Å². The summed E-state index contributed by atoms with van der Waals surface area (Å²) in [5.74, 6) is 1.14. The van der Waals surface area contributed by atoms with Crippen molar-refractivity contribution in [1.82, 2.24) is 10.2 Å². The highest BCUT2D eigenvalue weighted by Gasteiger charge is 2.19. The topological polar surface area (TPSA) is 41.6 Å². The van der Waals surface area contributed by atoms with Gasteiger partial charge in [-0.15, -0.1) is 12.4 Å². The minimum atomic E-state index is 0. The lowest BCUT2D eigenvalue weighted by Gasteiger charge is -2.32. The molecule has 1 aromatic carbocycles. The normalized spacial score (nSPS) is 18.0. The van der Waals surface area contributed by atoms with Crippen molar-refractivity contribution in [3.8, 4) is 5.75 Å². The zero-order chi connectivity index (χ0) is 14.4. The number of hydrogen-bond donors (Lipinski definition) is 1. The van der Waals surface area contributed by atoms with E-state index >= 15 is 0 Å². The Kier molecular flexibility index (Phi) is 7.54. The number of carbonyl (C=O) groups is 1. The Hall–Kier alpha value is -1.26. The van der Waals surface area contributed by atoms with Crippen molar-refractivity contribution in [2.45, 2.75) is 32.7 Å². The van der Waals surface area contributed by atoms with Crippen LogP contribution < -0.4 is 10.1 Å². The molecular weight excluding hydrogens is 288 g/mol. The van der Waals surface area contributed by atoms with E-state index < -0.39 is 0 Å². The van der Waals surface area contributed by atoms with Crippen LogP contribution in [0.5, 0.6) is 5.75 Å². The summed E-state index contributed by atoms with van der Waals surface area (Å²) in [5.41, 5.74) is 1.19. The van der Waals surface area contributed by atoms with Crippen molar-refractivity contribution in [1.29, 1.82) is 0 Å². The highest BCUT2D eigenvalue weighted by molar-refractivity contribution is 5.85. The van der Waals surface area contributed by atoms with Gasteiger partial charge in [-0.1, -0.05) is 12.1 Å². The number of ether oxygens (including phenoxy) is 1. The van der Waals surface area contributed by atoms with Crippen LogP contribution in [0, 0.1) is 0 Å². The predicted molar refractivity (Wildman–Crippen MR) is 87.2 cm³/mol. The van der Waals surface area contributed by atoms with E-state index in [1.165, 1.54) is 5.56 Å². The monoisotopic (exact) mass is 312 g/mol. The van der Waals surface area contributed by atoms with Crippen molar-refractivity contribution in [3.63, 3.8) is 0 Å². The molecular formula is C16H25ClN2O2. The molecule has 1 unspecified atom stereocenters. The third-order valence-electron chi connectivity index (χ3n) is 3.58. The molecule has 118 valence electrons. The van der Waals surface area contributed by atoms with Gasteiger partial charge < -0.3 is 15.0 Å². The molecule has 1 N–H and O–H groups in total. The van der Waals surface area contributed by atoms with Gasteiger partial charge in [0, 0.05) is 32.1 Å². The zero-order valence-electron chi connectivity index (χ0n) is 12.8. The van der Waals surface area contributed by atoms with E-state index in [1.54, 1.807) is 0 Å². The molecule has 0 bridgehead atoms. The second-order valence-corrected chi connectivity index (χ2v) is 5.27. The van der Waals surface area contributed by atoms with E-state index in [2.05, 4.69) is 12.2 Å². The number of amides is 1. The summed E-state index contributed by atoms with van der Waals surface area (Å²) in [5, 5.41) is 3.35. The first kappa shape index (κ1) is 17.8. The summed E-state index contributed by atoms with van der Waals surface area (Å²) >= 11 is 0. The lowest BCUT2D eigenvalue weighted by atomic mass is 10.1. The molecule has 0 radical (unpaired) electrons. The Bertz CT molecular complexity index is 436. The number of aryl methyl sites for hydroxylation is 1.